The van der Waals surface area contributed by atoms with E-state index in [2.05, 4.69) is 0 Å². The second-order valence-electron chi connectivity index (χ2n) is 5.70. The van der Waals surface area contributed by atoms with Gasteiger partial charge < -0.3 is 19.3 Å². The molecule has 0 amide bonds. The zero-order valence-corrected chi connectivity index (χ0v) is 13.6. The maximum Gasteiger partial charge on any atom is 0.338 e. The van der Waals surface area contributed by atoms with Crippen molar-refractivity contribution in [2.24, 2.45) is 0 Å². The highest BCUT2D eigenvalue weighted by molar-refractivity contribution is 5.90. The lowest BCUT2D eigenvalue weighted by Gasteiger charge is -2.22. The van der Waals surface area contributed by atoms with Crippen LogP contribution in [0, 0.1) is 0 Å². The van der Waals surface area contributed by atoms with Crippen molar-refractivity contribution in [2.75, 3.05) is 0 Å². The van der Waals surface area contributed by atoms with E-state index in [0.717, 1.165) is 0 Å². The average Bonchev–Trinajstić information content (AvgIpc) is 2.90. The first-order valence-corrected chi connectivity index (χ1v) is 7.92. The molecule has 1 N–H and O–H groups in total. The van der Waals surface area contributed by atoms with Gasteiger partial charge in [-0.15, -0.1) is 0 Å². The molecule has 1 aliphatic rings. The summed E-state index contributed by atoms with van der Waals surface area (Å²) in [5.41, 5.74) is 0.701. The zero-order valence-electron chi connectivity index (χ0n) is 13.6. The van der Waals surface area contributed by atoms with Gasteiger partial charge in [-0.05, 0) is 31.2 Å². The van der Waals surface area contributed by atoms with Gasteiger partial charge in [0.15, 0.2) is 18.5 Å². The molecule has 0 bridgehead atoms. The van der Waals surface area contributed by atoms with Crippen LogP contribution in [0.15, 0.2) is 60.7 Å². The Labute approximate surface area is 144 Å². The Morgan fingerprint density at radius 1 is 0.840 bits per heavy atom. The lowest BCUT2D eigenvalue weighted by molar-refractivity contribution is -0.127. The molecule has 3 rings (SSSR count). The summed E-state index contributed by atoms with van der Waals surface area (Å²) in [6.45, 7) is 1.64. The van der Waals surface area contributed by atoms with Crippen molar-refractivity contribution in [2.45, 2.75) is 31.5 Å². The first-order valence-electron chi connectivity index (χ1n) is 7.92. The molecule has 1 aliphatic heterocycles. The Morgan fingerprint density at radius 2 is 1.28 bits per heavy atom. The molecule has 0 unspecified atom stereocenters. The SMILES string of the molecule is C[C@H]1O[C@@H](O)[C@H](OC(=O)c2ccccc2)[C@@H]1OC(=O)c1ccccc1. The predicted octanol–water partition coefficient (Wildman–Crippen LogP) is 2.17. The van der Waals surface area contributed by atoms with Gasteiger partial charge in [0.25, 0.3) is 0 Å². The van der Waals surface area contributed by atoms with Crippen molar-refractivity contribution >= 4 is 11.9 Å². The smallest absolute Gasteiger partial charge is 0.338 e. The molecule has 1 heterocycles. The first-order chi connectivity index (χ1) is 12.1. The van der Waals surface area contributed by atoms with Gasteiger partial charge in [0.05, 0.1) is 17.2 Å². The normalized spacial score (nSPS) is 25.4. The van der Waals surface area contributed by atoms with E-state index in [1.54, 1.807) is 67.6 Å². The van der Waals surface area contributed by atoms with Crippen LogP contribution in [0.2, 0.25) is 0 Å². The fraction of sp³-hybridized carbons (Fsp3) is 0.263. The van der Waals surface area contributed by atoms with E-state index in [9.17, 15) is 14.7 Å². The Kier molecular flexibility index (Phi) is 5.11. The molecule has 130 valence electrons. The minimum absolute atomic E-state index is 0.336. The molecule has 0 aromatic heterocycles. The highest BCUT2D eigenvalue weighted by Crippen LogP contribution is 2.27. The number of carbonyl (C=O) groups excluding carboxylic acids is 2. The van der Waals surface area contributed by atoms with Crippen LogP contribution in [0.5, 0.6) is 0 Å². The minimum atomic E-state index is -1.36. The maximum atomic E-state index is 12.3. The number of aliphatic hydroxyl groups excluding tert-OH is 1. The summed E-state index contributed by atoms with van der Waals surface area (Å²) in [6.07, 6.45) is -3.99. The minimum Gasteiger partial charge on any atom is -0.452 e. The van der Waals surface area contributed by atoms with E-state index < -0.39 is 36.5 Å². The maximum absolute atomic E-state index is 12.3. The molecule has 1 fully saturated rings. The van der Waals surface area contributed by atoms with Gasteiger partial charge in [0.1, 0.15) is 0 Å². The molecule has 1 saturated heterocycles. The monoisotopic (exact) mass is 342 g/mol. The molecular formula is C19H18O6. The van der Waals surface area contributed by atoms with Crippen molar-refractivity contribution in [1.29, 1.82) is 0 Å². The summed E-state index contributed by atoms with van der Waals surface area (Å²) in [7, 11) is 0. The first kappa shape index (κ1) is 17.1. The van der Waals surface area contributed by atoms with E-state index in [-0.39, 0.29) is 0 Å². The van der Waals surface area contributed by atoms with Crippen LogP contribution >= 0.6 is 0 Å². The third kappa shape index (κ3) is 3.87. The highest BCUT2D eigenvalue weighted by Gasteiger charge is 2.47. The molecule has 2 aromatic rings. The second-order valence-corrected chi connectivity index (χ2v) is 5.70. The highest BCUT2D eigenvalue weighted by atomic mass is 16.7. The lowest BCUT2D eigenvalue weighted by atomic mass is 10.1. The fourth-order valence-electron chi connectivity index (χ4n) is 2.62. The summed E-state index contributed by atoms with van der Waals surface area (Å²) < 4.78 is 16.0. The van der Waals surface area contributed by atoms with Crippen molar-refractivity contribution in [3.8, 4) is 0 Å². The van der Waals surface area contributed by atoms with Gasteiger partial charge in [0.2, 0.25) is 0 Å². The second kappa shape index (κ2) is 7.46. The van der Waals surface area contributed by atoms with Crippen LogP contribution in [0.3, 0.4) is 0 Å². The van der Waals surface area contributed by atoms with Crippen molar-refractivity contribution in [1.82, 2.24) is 0 Å². The van der Waals surface area contributed by atoms with Crippen molar-refractivity contribution < 1.29 is 28.9 Å². The van der Waals surface area contributed by atoms with Crippen LogP contribution in [0.25, 0.3) is 0 Å². The molecule has 25 heavy (non-hydrogen) atoms. The molecule has 6 heteroatoms. The number of aliphatic hydroxyl groups is 1. The number of hydrogen-bond donors (Lipinski definition) is 1. The van der Waals surface area contributed by atoms with Crippen LogP contribution in [0.4, 0.5) is 0 Å². The molecule has 0 spiro atoms. The fourth-order valence-corrected chi connectivity index (χ4v) is 2.62. The van der Waals surface area contributed by atoms with Gasteiger partial charge in [0, 0.05) is 0 Å². The Bertz CT molecular complexity index is 667. The average molecular weight is 342 g/mol. The van der Waals surface area contributed by atoms with Crippen LogP contribution < -0.4 is 0 Å². The topological polar surface area (TPSA) is 82.1 Å². The molecule has 6 nitrogen and oxygen atoms in total. The van der Waals surface area contributed by atoms with Gasteiger partial charge in [-0.1, -0.05) is 36.4 Å². The lowest BCUT2D eigenvalue weighted by Crippen LogP contribution is -2.39. The number of rotatable bonds is 4. The zero-order chi connectivity index (χ0) is 17.8. The molecule has 0 saturated carbocycles. The number of benzene rings is 2. The van der Waals surface area contributed by atoms with Crippen LogP contribution in [-0.4, -0.2) is 41.6 Å². The third-order valence-electron chi connectivity index (χ3n) is 3.93. The van der Waals surface area contributed by atoms with Crippen LogP contribution in [0.1, 0.15) is 27.6 Å². The van der Waals surface area contributed by atoms with E-state index in [1.165, 1.54) is 0 Å². The number of hydrogen-bond acceptors (Lipinski definition) is 6. The summed E-state index contributed by atoms with van der Waals surface area (Å²) in [4.78, 5) is 24.5. The number of carbonyl (C=O) groups is 2. The van der Waals surface area contributed by atoms with E-state index in [0.29, 0.717) is 11.1 Å². The van der Waals surface area contributed by atoms with Crippen LogP contribution in [-0.2, 0) is 14.2 Å². The van der Waals surface area contributed by atoms with E-state index in [1.807, 2.05) is 0 Å². The standard InChI is InChI=1S/C19H18O6/c1-12-15(24-17(20)13-8-4-2-5-9-13)16(19(22)23-12)25-18(21)14-10-6-3-7-11-14/h2-12,15-16,19,22H,1H3/t12-,15-,16-,19-/m1/s1. The molecule has 0 radical (unpaired) electrons. The molecule has 0 aliphatic carbocycles. The Balaban J connectivity index is 1.72. The molecule has 2 aromatic carbocycles. The Hall–Kier alpha value is -2.70. The summed E-state index contributed by atoms with van der Waals surface area (Å²) in [6, 6.07) is 16.8. The summed E-state index contributed by atoms with van der Waals surface area (Å²) in [5.74, 6) is -1.20. The Morgan fingerprint density at radius 3 is 1.76 bits per heavy atom. The third-order valence-corrected chi connectivity index (χ3v) is 3.93. The van der Waals surface area contributed by atoms with E-state index >= 15 is 0 Å². The quantitative estimate of drug-likeness (QED) is 0.858. The van der Waals surface area contributed by atoms with Gasteiger partial charge in [-0.25, -0.2) is 9.59 Å². The van der Waals surface area contributed by atoms with Gasteiger partial charge in [-0.3, -0.25) is 0 Å². The van der Waals surface area contributed by atoms with Crippen molar-refractivity contribution in [3.05, 3.63) is 71.8 Å². The number of esters is 2. The predicted molar refractivity (Wildman–Crippen MR) is 87.8 cm³/mol. The number of ether oxygens (including phenoxy) is 3. The van der Waals surface area contributed by atoms with Crippen molar-refractivity contribution in [3.63, 3.8) is 0 Å². The molecular weight excluding hydrogens is 324 g/mol. The van der Waals surface area contributed by atoms with Gasteiger partial charge in [-0.2, -0.15) is 0 Å². The largest absolute Gasteiger partial charge is 0.452 e. The molecule has 4 atom stereocenters. The summed E-state index contributed by atoms with van der Waals surface area (Å²) >= 11 is 0. The summed E-state index contributed by atoms with van der Waals surface area (Å²) in [5, 5.41) is 10.0. The van der Waals surface area contributed by atoms with E-state index in [4.69, 9.17) is 14.2 Å². The van der Waals surface area contributed by atoms with Gasteiger partial charge >= 0.3 is 11.9 Å².